The summed E-state index contributed by atoms with van der Waals surface area (Å²) in [6.07, 6.45) is 1.93. The quantitative estimate of drug-likeness (QED) is 0.804. The van der Waals surface area contributed by atoms with Gasteiger partial charge in [-0.2, -0.15) is 0 Å². The summed E-state index contributed by atoms with van der Waals surface area (Å²) in [5.74, 6) is 1.10. The molecule has 1 aromatic heterocycles. The summed E-state index contributed by atoms with van der Waals surface area (Å²) < 4.78 is 0. The van der Waals surface area contributed by atoms with Gasteiger partial charge < -0.3 is 10.6 Å². The maximum Gasteiger partial charge on any atom is 0.128 e. The van der Waals surface area contributed by atoms with Crippen LogP contribution in [0.3, 0.4) is 0 Å². The minimum absolute atomic E-state index is 0.753. The second-order valence-corrected chi connectivity index (χ2v) is 4.31. The molecule has 0 spiro atoms. The molecule has 1 saturated heterocycles. The van der Waals surface area contributed by atoms with Crippen molar-refractivity contribution in [3.63, 3.8) is 0 Å². The zero-order valence-electron chi connectivity index (χ0n) is 9.89. The Morgan fingerprint density at radius 3 is 2.56 bits per heavy atom. The SMILES string of the molecule is Cc1ccc(N2CCN(CCN)CC2)nc1. The Morgan fingerprint density at radius 1 is 1.25 bits per heavy atom. The highest BCUT2D eigenvalue weighted by molar-refractivity contribution is 5.39. The number of piperazine rings is 1. The molecule has 0 atom stereocenters. The molecule has 0 amide bonds. The monoisotopic (exact) mass is 220 g/mol. The molecule has 0 bridgehead atoms. The lowest BCUT2D eigenvalue weighted by molar-refractivity contribution is 0.264. The van der Waals surface area contributed by atoms with Crippen molar-refractivity contribution in [2.75, 3.05) is 44.2 Å². The number of aromatic nitrogens is 1. The summed E-state index contributed by atoms with van der Waals surface area (Å²) >= 11 is 0. The number of hydrogen-bond acceptors (Lipinski definition) is 4. The first-order chi connectivity index (χ1) is 7.79. The van der Waals surface area contributed by atoms with Crippen LogP contribution in [0.4, 0.5) is 5.82 Å². The van der Waals surface area contributed by atoms with E-state index in [1.165, 1.54) is 5.56 Å². The first-order valence-electron chi connectivity index (χ1n) is 5.89. The predicted octanol–water partition coefficient (Wildman–Crippen LogP) is 0.471. The first kappa shape index (κ1) is 11.4. The van der Waals surface area contributed by atoms with Gasteiger partial charge in [0.1, 0.15) is 5.82 Å². The fourth-order valence-electron chi connectivity index (χ4n) is 2.03. The number of nitrogens with zero attached hydrogens (tertiary/aromatic N) is 3. The lowest BCUT2D eigenvalue weighted by atomic mass is 10.2. The molecule has 4 nitrogen and oxygen atoms in total. The Labute approximate surface area is 97.1 Å². The highest BCUT2D eigenvalue weighted by Crippen LogP contribution is 2.13. The molecule has 0 saturated carbocycles. The number of hydrogen-bond donors (Lipinski definition) is 1. The van der Waals surface area contributed by atoms with Crippen LogP contribution in [0.5, 0.6) is 0 Å². The summed E-state index contributed by atoms with van der Waals surface area (Å²) in [6.45, 7) is 8.11. The summed E-state index contributed by atoms with van der Waals surface area (Å²) in [7, 11) is 0. The average molecular weight is 220 g/mol. The van der Waals surface area contributed by atoms with Gasteiger partial charge in [-0.1, -0.05) is 6.07 Å². The van der Waals surface area contributed by atoms with Crippen LogP contribution in [-0.2, 0) is 0 Å². The van der Waals surface area contributed by atoms with Gasteiger partial charge in [0, 0.05) is 45.5 Å². The van der Waals surface area contributed by atoms with Gasteiger partial charge in [-0.15, -0.1) is 0 Å². The van der Waals surface area contributed by atoms with Crippen molar-refractivity contribution in [1.29, 1.82) is 0 Å². The number of nitrogens with two attached hydrogens (primary N) is 1. The van der Waals surface area contributed by atoms with Crippen molar-refractivity contribution in [3.8, 4) is 0 Å². The van der Waals surface area contributed by atoms with Crippen LogP contribution < -0.4 is 10.6 Å². The Balaban J connectivity index is 1.91. The molecule has 1 aromatic rings. The van der Waals surface area contributed by atoms with E-state index < -0.39 is 0 Å². The molecule has 0 unspecified atom stereocenters. The van der Waals surface area contributed by atoms with E-state index in [9.17, 15) is 0 Å². The zero-order chi connectivity index (χ0) is 11.4. The maximum atomic E-state index is 5.55. The number of pyridine rings is 1. The van der Waals surface area contributed by atoms with Crippen LogP contribution in [0.25, 0.3) is 0 Å². The van der Waals surface area contributed by atoms with Crippen LogP contribution in [0.15, 0.2) is 18.3 Å². The summed E-state index contributed by atoms with van der Waals surface area (Å²) in [5, 5.41) is 0. The Kier molecular flexibility index (Phi) is 3.74. The highest BCUT2D eigenvalue weighted by atomic mass is 15.3. The zero-order valence-corrected chi connectivity index (χ0v) is 9.89. The van der Waals surface area contributed by atoms with Gasteiger partial charge >= 0.3 is 0 Å². The Bertz CT molecular complexity index is 314. The van der Waals surface area contributed by atoms with Gasteiger partial charge in [0.2, 0.25) is 0 Å². The normalized spacial score (nSPS) is 17.8. The van der Waals surface area contributed by atoms with Crippen molar-refractivity contribution < 1.29 is 0 Å². The molecule has 1 aliphatic heterocycles. The van der Waals surface area contributed by atoms with Gasteiger partial charge in [-0.05, 0) is 18.6 Å². The topological polar surface area (TPSA) is 45.4 Å². The van der Waals surface area contributed by atoms with Crippen LogP contribution in [0.1, 0.15) is 5.56 Å². The molecule has 2 heterocycles. The smallest absolute Gasteiger partial charge is 0.128 e. The third-order valence-electron chi connectivity index (χ3n) is 3.04. The van der Waals surface area contributed by atoms with Gasteiger partial charge in [-0.3, -0.25) is 4.90 Å². The second-order valence-electron chi connectivity index (χ2n) is 4.31. The second kappa shape index (κ2) is 5.27. The molecule has 2 rings (SSSR count). The van der Waals surface area contributed by atoms with Crippen LogP contribution >= 0.6 is 0 Å². The van der Waals surface area contributed by atoms with E-state index in [4.69, 9.17) is 5.73 Å². The van der Waals surface area contributed by atoms with E-state index in [1.807, 2.05) is 6.20 Å². The predicted molar refractivity (Wildman–Crippen MR) is 66.7 cm³/mol. The molecule has 1 fully saturated rings. The minimum Gasteiger partial charge on any atom is -0.354 e. The largest absolute Gasteiger partial charge is 0.354 e. The van der Waals surface area contributed by atoms with Gasteiger partial charge in [0.05, 0.1) is 0 Å². The van der Waals surface area contributed by atoms with Gasteiger partial charge in [0.25, 0.3) is 0 Å². The van der Waals surface area contributed by atoms with Crippen LogP contribution in [0.2, 0.25) is 0 Å². The van der Waals surface area contributed by atoms with Crippen molar-refractivity contribution in [2.45, 2.75) is 6.92 Å². The number of rotatable bonds is 3. The number of anilines is 1. The molecular weight excluding hydrogens is 200 g/mol. The Morgan fingerprint density at radius 2 is 2.00 bits per heavy atom. The molecule has 16 heavy (non-hydrogen) atoms. The fourth-order valence-corrected chi connectivity index (χ4v) is 2.03. The van der Waals surface area contributed by atoms with E-state index in [0.29, 0.717) is 0 Å². The lowest BCUT2D eigenvalue weighted by Gasteiger charge is -2.35. The van der Waals surface area contributed by atoms with E-state index >= 15 is 0 Å². The molecule has 4 heteroatoms. The molecule has 1 aliphatic rings. The van der Waals surface area contributed by atoms with E-state index in [0.717, 1.165) is 45.1 Å². The number of aryl methyl sites for hydroxylation is 1. The fraction of sp³-hybridized carbons (Fsp3) is 0.583. The highest BCUT2D eigenvalue weighted by Gasteiger charge is 2.16. The third kappa shape index (κ3) is 2.71. The van der Waals surface area contributed by atoms with Crippen molar-refractivity contribution in [3.05, 3.63) is 23.9 Å². The molecule has 0 radical (unpaired) electrons. The maximum absolute atomic E-state index is 5.55. The standard InChI is InChI=1S/C12H20N4/c1-11-2-3-12(14-10-11)16-8-6-15(5-4-13)7-9-16/h2-3,10H,4-9,13H2,1H3. The minimum atomic E-state index is 0.753. The molecule has 0 aromatic carbocycles. The summed E-state index contributed by atoms with van der Waals surface area (Å²) in [4.78, 5) is 9.20. The third-order valence-corrected chi connectivity index (χ3v) is 3.04. The summed E-state index contributed by atoms with van der Waals surface area (Å²) in [6, 6.07) is 4.22. The van der Waals surface area contributed by atoms with E-state index in [1.54, 1.807) is 0 Å². The van der Waals surface area contributed by atoms with Crippen molar-refractivity contribution in [1.82, 2.24) is 9.88 Å². The van der Waals surface area contributed by atoms with Gasteiger partial charge in [0.15, 0.2) is 0 Å². The average Bonchev–Trinajstić information content (AvgIpc) is 2.32. The molecular formula is C12H20N4. The molecule has 2 N–H and O–H groups in total. The Hall–Kier alpha value is -1.13. The van der Waals surface area contributed by atoms with Crippen LogP contribution in [-0.4, -0.2) is 49.2 Å². The lowest BCUT2D eigenvalue weighted by Crippen LogP contribution is -2.48. The molecule has 88 valence electrons. The van der Waals surface area contributed by atoms with Crippen LogP contribution in [0, 0.1) is 6.92 Å². The van der Waals surface area contributed by atoms with Crippen molar-refractivity contribution in [2.24, 2.45) is 5.73 Å². The van der Waals surface area contributed by atoms with E-state index in [-0.39, 0.29) is 0 Å². The first-order valence-corrected chi connectivity index (χ1v) is 5.89. The summed E-state index contributed by atoms with van der Waals surface area (Å²) in [5.41, 5.74) is 6.77. The van der Waals surface area contributed by atoms with Gasteiger partial charge in [-0.25, -0.2) is 4.98 Å². The van der Waals surface area contributed by atoms with Crippen molar-refractivity contribution >= 4 is 5.82 Å². The molecule has 0 aliphatic carbocycles. The van der Waals surface area contributed by atoms with E-state index in [2.05, 4.69) is 33.8 Å².